The predicted octanol–water partition coefficient (Wildman–Crippen LogP) is 4.60. The summed E-state index contributed by atoms with van der Waals surface area (Å²) in [5, 5.41) is 0. The summed E-state index contributed by atoms with van der Waals surface area (Å²) in [6, 6.07) is 6.83. The standard InChI is InChI=1S/C18H29BrN2/c1-13(20)11-14-12-16(19)5-6-17(14)21-9-7-15(8-10-21)18(2,3)4/h5-6,12-13,15H,7-11,20H2,1-4H3. The molecule has 1 aliphatic rings. The zero-order chi connectivity index (χ0) is 15.6. The lowest BCUT2D eigenvalue weighted by Crippen LogP contribution is -2.38. The molecule has 2 nitrogen and oxygen atoms in total. The maximum absolute atomic E-state index is 6.02. The third-order valence-corrected chi connectivity index (χ3v) is 5.14. The fourth-order valence-electron chi connectivity index (χ4n) is 3.36. The molecule has 1 fully saturated rings. The van der Waals surface area contributed by atoms with Crippen LogP contribution in [0.15, 0.2) is 22.7 Å². The third-order valence-electron chi connectivity index (χ3n) is 4.64. The lowest BCUT2D eigenvalue weighted by molar-refractivity contribution is 0.199. The van der Waals surface area contributed by atoms with Crippen LogP contribution in [0.4, 0.5) is 5.69 Å². The maximum atomic E-state index is 6.02. The van der Waals surface area contributed by atoms with E-state index >= 15 is 0 Å². The van der Waals surface area contributed by atoms with Gasteiger partial charge in [-0.1, -0.05) is 36.7 Å². The van der Waals surface area contributed by atoms with Crippen LogP contribution < -0.4 is 10.6 Å². The molecule has 2 rings (SSSR count). The minimum atomic E-state index is 0.199. The van der Waals surface area contributed by atoms with Crippen LogP contribution >= 0.6 is 15.9 Å². The molecule has 1 aromatic rings. The average Bonchev–Trinajstić information content (AvgIpc) is 2.37. The predicted molar refractivity (Wildman–Crippen MR) is 95.9 cm³/mol. The Bertz CT molecular complexity index is 469. The van der Waals surface area contributed by atoms with E-state index in [9.17, 15) is 0 Å². The van der Waals surface area contributed by atoms with Crippen molar-refractivity contribution in [3.05, 3.63) is 28.2 Å². The van der Waals surface area contributed by atoms with Gasteiger partial charge in [0.15, 0.2) is 0 Å². The van der Waals surface area contributed by atoms with E-state index in [-0.39, 0.29) is 6.04 Å². The fraction of sp³-hybridized carbons (Fsp3) is 0.667. The van der Waals surface area contributed by atoms with Gasteiger partial charge in [0.05, 0.1) is 0 Å². The highest BCUT2D eigenvalue weighted by molar-refractivity contribution is 9.10. The Morgan fingerprint density at radius 3 is 2.43 bits per heavy atom. The van der Waals surface area contributed by atoms with Crippen LogP contribution in [0.2, 0.25) is 0 Å². The van der Waals surface area contributed by atoms with Crippen LogP contribution in [0.1, 0.15) is 46.1 Å². The summed E-state index contributed by atoms with van der Waals surface area (Å²) < 4.78 is 1.14. The van der Waals surface area contributed by atoms with Crippen molar-refractivity contribution in [3.63, 3.8) is 0 Å². The average molecular weight is 353 g/mol. The van der Waals surface area contributed by atoms with Gasteiger partial charge in [0.25, 0.3) is 0 Å². The Hall–Kier alpha value is -0.540. The number of halogens is 1. The van der Waals surface area contributed by atoms with Crippen LogP contribution in [0, 0.1) is 11.3 Å². The van der Waals surface area contributed by atoms with Crippen LogP contribution in [-0.4, -0.2) is 19.1 Å². The van der Waals surface area contributed by atoms with E-state index in [4.69, 9.17) is 5.73 Å². The number of nitrogens with zero attached hydrogens (tertiary/aromatic N) is 1. The molecule has 1 saturated heterocycles. The molecule has 1 aliphatic heterocycles. The molecule has 0 spiro atoms. The zero-order valence-corrected chi connectivity index (χ0v) is 15.4. The van der Waals surface area contributed by atoms with E-state index in [1.807, 2.05) is 0 Å². The van der Waals surface area contributed by atoms with E-state index in [0.29, 0.717) is 5.41 Å². The Labute approximate surface area is 138 Å². The van der Waals surface area contributed by atoms with Gasteiger partial charge in [-0.15, -0.1) is 0 Å². The molecule has 0 bridgehead atoms. The van der Waals surface area contributed by atoms with Crippen molar-refractivity contribution in [2.75, 3.05) is 18.0 Å². The first-order chi connectivity index (χ1) is 9.77. The number of nitrogens with two attached hydrogens (primary N) is 1. The zero-order valence-electron chi connectivity index (χ0n) is 13.8. The lowest BCUT2D eigenvalue weighted by Gasteiger charge is -2.40. The highest BCUT2D eigenvalue weighted by atomic mass is 79.9. The normalized spacial score (nSPS) is 18.9. The molecular weight excluding hydrogens is 324 g/mol. The quantitative estimate of drug-likeness (QED) is 0.860. The van der Waals surface area contributed by atoms with Crippen molar-refractivity contribution in [1.29, 1.82) is 0 Å². The van der Waals surface area contributed by atoms with Gasteiger partial charge in [0.2, 0.25) is 0 Å². The fourth-order valence-corrected chi connectivity index (χ4v) is 3.77. The largest absolute Gasteiger partial charge is 0.371 e. The second-order valence-corrected chi connectivity index (χ2v) is 8.50. The summed E-state index contributed by atoms with van der Waals surface area (Å²) in [6.45, 7) is 11.5. The number of hydrogen-bond donors (Lipinski definition) is 1. The van der Waals surface area contributed by atoms with E-state index in [1.165, 1.54) is 24.1 Å². The summed E-state index contributed by atoms with van der Waals surface area (Å²) in [5.74, 6) is 0.834. The Morgan fingerprint density at radius 1 is 1.29 bits per heavy atom. The smallest absolute Gasteiger partial charge is 0.0400 e. The van der Waals surface area contributed by atoms with Crippen LogP contribution in [0.25, 0.3) is 0 Å². The maximum Gasteiger partial charge on any atom is 0.0400 e. The van der Waals surface area contributed by atoms with E-state index < -0.39 is 0 Å². The van der Waals surface area contributed by atoms with Crippen molar-refractivity contribution >= 4 is 21.6 Å². The Balaban J connectivity index is 2.13. The molecule has 0 aliphatic carbocycles. The van der Waals surface area contributed by atoms with Gasteiger partial charge in [0, 0.05) is 29.3 Å². The second kappa shape index (κ2) is 6.70. The number of hydrogen-bond acceptors (Lipinski definition) is 2. The molecule has 1 unspecified atom stereocenters. The minimum absolute atomic E-state index is 0.199. The highest BCUT2D eigenvalue weighted by Crippen LogP contribution is 2.36. The van der Waals surface area contributed by atoms with Crippen molar-refractivity contribution in [1.82, 2.24) is 0 Å². The van der Waals surface area contributed by atoms with Gasteiger partial charge in [-0.2, -0.15) is 0 Å². The van der Waals surface area contributed by atoms with E-state index in [0.717, 1.165) is 29.9 Å². The van der Waals surface area contributed by atoms with E-state index in [2.05, 4.69) is 66.7 Å². The molecule has 0 saturated carbocycles. The van der Waals surface area contributed by atoms with Gasteiger partial charge < -0.3 is 10.6 Å². The van der Waals surface area contributed by atoms with Gasteiger partial charge in [-0.25, -0.2) is 0 Å². The second-order valence-electron chi connectivity index (χ2n) is 7.58. The van der Waals surface area contributed by atoms with Gasteiger partial charge in [-0.3, -0.25) is 0 Å². The topological polar surface area (TPSA) is 29.3 Å². The lowest BCUT2D eigenvalue weighted by atomic mass is 9.75. The number of rotatable bonds is 3. The first kappa shape index (κ1) is 16.8. The SMILES string of the molecule is CC(N)Cc1cc(Br)ccc1N1CCC(C(C)(C)C)CC1. The molecule has 21 heavy (non-hydrogen) atoms. The van der Waals surface area contributed by atoms with Gasteiger partial charge >= 0.3 is 0 Å². The Morgan fingerprint density at radius 2 is 1.90 bits per heavy atom. The minimum Gasteiger partial charge on any atom is -0.371 e. The summed E-state index contributed by atoms with van der Waals surface area (Å²) in [4.78, 5) is 2.55. The molecule has 0 radical (unpaired) electrons. The Kier molecular flexibility index (Phi) is 5.37. The molecule has 0 amide bonds. The summed E-state index contributed by atoms with van der Waals surface area (Å²) in [5.41, 5.74) is 9.20. The molecule has 1 aromatic carbocycles. The molecular formula is C18H29BrN2. The molecule has 2 N–H and O–H groups in total. The van der Waals surface area contributed by atoms with E-state index in [1.54, 1.807) is 0 Å². The van der Waals surface area contributed by atoms with Crippen molar-refractivity contribution in [3.8, 4) is 0 Å². The van der Waals surface area contributed by atoms with Crippen LogP contribution in [-0.2, 0) is 6.42 Å². The molecule has 1 atom stereocenters. The highest BCUT2D eigenvalue weighted by Gasteiger charge is 2.29. The molecule has 3 heteroatoms. The summed E-state index contributed by atoms with van der Waals surface area (Å²) in [6.07, 6.45) is 3.52. The summed E-state index contributed by atoms with van der Waals surface area (Å²) in [7, 11) is 0. The van der Waals surface area contributed by atoms with Crippen molar-refractivity contribution < 1.29 is 0 Å². The number of anilines is 1. The first-order valence-electron chi connectivity index (χ1n) is 8.06. The van der Waals surface area contributed by atoms with Gasteiger partial charge in [0.1, 0.15) is 0 Å². The third kappa shape index (κ3) is 4.46. The molecule has 0 aromatic heterocycles. The monoisotopic (exact) mass is 352 g/mol. The first-order valence-corrected chi connectivity index (χ1v) is 8.85. The number of piperidine rings is 1. The van der Waals surface area contributed by atoms with Crippen molar-refractivity contribution in [2.24, 2.45) is 17.1 Å². The molecule has 118 valence electrons. The number of benzene rings is 1. The van der Waals surface area contributed by atoms with Crippen molar-refractivity contribution in [2.45, 2.75) is 53.0 Å². The van der Waals surface area contributed by atoms with Crippen LogP contribution in [0.3, 0.4) is 0 Å². The molecule has 1 heterocycles. The van der Waals surface area contributed by atoms with Crippen LogP contribution in [0.5, 0.6) is 0 Å². The van der Waals surface area contributed by atoms with Gasteiger partial charge in [-0.05, 0) is 61.3 Å². The summed E-state index contributed by atoms with van der Waals surface area (Å²) >= 11 is 3.59.